The van der Waals surface area contributed by atoms with Gasteiger partial charge in [0.2, 0.25) is 0 Å². The van der Waals surface area contributed by atoms with Gasteiger partial charge in [-0.3, -0.25) is 10.1 Å². The molecule has 0 aliphatic heterocycles. The van der Waals surface area contributed by atoms with Gasteiger partial charge < -0.3 is 10.4 Å². The molecule has 2 N–H and O–H groups in total. The van der Waals surface area contributed by atoms with Crippen LogP contribution in [-0.4, -0.2) is 16.0 Å². The summed E-state index contributed by atoms with van der Waals surface area (Å²) in [6.07, 6.45) is 0. The first-order valence-electron chi connectivity index (χ1n) is 5.83. The summed E-state index contributed by atoms with van der Waals surface area (Å²) in [5, 5.41) is 22.7. The molecular formula is C14H12N2O4. The van der Waals surface area contributed by atoms with E-state index in [4.69, 9.17) is 5.11 Å². The Hall–Kier alpha value is -2.89. The summed E-state index contributed by atoms with van der Waals surface area (Å²) in [7, 11) is 0. The van der Waals surface area contributed by atoms with Gasteiger partial charge in [0.25, 0.3) is 5.69 Å². The minimum absolute atomic E-state index is 0.0508. The summed E-state index contributed by atoms with van der Waals surface area (Å²) in [4.78, 5) is 21.2. The second-order valence-corrected chi connectivity index (χ2v) is 4.27. The van der Waals surface area contributed by atoms with E-state index in [0.29, 0.717) is 16.9 Å². The first-order valence-corrected chi connectivity index (χ1v) is 5.83. The lowest BCUT2D eigenvalue weighted by molar-refractivity contribution is -0.385. The Kier molecular flexibility index (Phi) is 3.65. The van der Waals surface area contributed by atoms with Crippen LogP contribution in [0.2, 0.25) is 0 Å². The Morgan fingerprint density at radius 2 is 1.90 bits per heavy atom. The Morgan fingerprint density at radius 1 is 1.20 bits per heavy atom. The first kappa shape index (κ1) is 13.5. The highest BCUT2D eigenvalue weighted by atomic mass is 16.6. The molecule has 2 aromatic rings. The van der Waals surface area contributed by atoms with Crippen LogP contribution in [0.25, 0.3) is 0 Å². The zero-order valence-corrected chi connectivity index (χ0v) is 10.7. The summed E-state index contributed by atoms with van der Waals surface area (Å²) < 4.78 is 0. The number of carboxylic acids is 1. The van der Waals surface area contributed by atoms with Gasteiger partial charge in [-0.25, -0.2) is 4.79 Å². The molecule has 6 nitrogen and oxygen atoms in total. The maximum Gasteiger partial charge on any atom is 0.335 e. The molecule has 0 bridgehead atoms. The van der Waals surface area contributed by atoms with Gasteiger partial charge in [0.1, 0.15) is 0 Å². The molecule has 0 saturated heterocycles. The number of nitro benzene ring substituents is 1. The second kappa shape index (κ2) is 5.40. The van der Waals surface area contributed by atoms with E-state index in [1.807, 2.05) is 0 Å². The van der Waals surface area contributed by atoms with Gasteiger partial charge in [-0.05, 0) is 37.3 Å². The maximum atomic E-state index is 10.9. The normalized spacial score (nSPS) is 10.1. The van der Waals surface area contributed by atoms with E-state index >= 15 is 0 Å². The maximum absolute atomic E-state index is 10.9. The van der Waals surface area contributed by atoms with Crippen LogP contribution in [0.5, 0.6) is 0 Å². The lowest BCUT2D eigenvalue weighted by atomic mass is 10.1. The molecular weight excluding hydrogens is 260 g/mol. The molecule has 0 atom stereocenters. The Morgan fingerprint density at radius 3 is 2.50 bits per heavy atom. The van der Waals surface area contributed by atoms with Crippen molar-refractivity contribution in [1.82, 2.24) is 0 Å². The van der Waals surface area contributed by atoms with E-state index < -0.39 is 10.9 Å². The number of carbonyl (C=O) groups is 1. The van der Waals surface area contributed by atoms with Crippen molar-refractivity contribution in [3.8, 4) is 0 Å². The average Bonchev–Trinajstić information content (AvgIpc) is 2.38. The molecule has 6 heteroatoms. The highest BCUT2D eigenvalue weighted by Crippen LogP contribution is 2.24. The van der Waals surface area contributed by atoms with Crippen LogP contribution < -0.4 is 5.32 Å². The van der Waals surface area contributed by atoms with Gasteiger partial charge in [-0.2, -0.15) is 0 Å². The van der Waals surface area contributed by atoms with Crippen molar-refractivity contribution in [3.05, 3.63) is 63.7 Å². The Balaban J connectivity index is 2.26. The molecule has 0 saturated carbocycles. The van der Waals surface area contributed by atoms with E-state index in [-0.39, 0.29) is 11.3 Å². The molecule has 0 unspecified atom stereocenters. The number of aromatic carboxylic acids is 1. The van der Waals surface area contributed by atoms with Crippen LogP contribution in [0.3, 0.4) is 0 Å². The lowest BCUT2D eigenvalue weighted by Gasteiger charge is -2.08. The molecule has 102 valence electrons. The molecule has 2 aromatic carbocycles. The topological polar surface area (TPSA) is 92.5 Å². The van der Waals surface area contributed by atoms with Crippen LogP contribution in [0.1, 0.15) is 15.9 Å². The van der Waals surface area contributed by atoms with Crippen molar-refractivity contribution in [2.24, 2.45) is 0 Å². The summed E-state index contributed by atoms with van der Waals surface area (Å²) in [6.45, 7) is 1.65. The molecule has 0 aliphatic rings. The SMILES string of the molecule is Cc1cc(Nc2cccc(C(=O)O)c2)ccc1[N+](=O)[O-]. The third-order valence-electron chi connectivity index (χ3n) is 2.79. The minimum Gasteiger partial charge on any atom is -0.478 e. The summed E-state index contributed by atoms with van der Waals surface area (Å²) in [5.41, 5.74) is 2.03. The van der Waals surface area contributed by atoms with E-state index in [9.17, 15) is 14.9 Å². The van der Waals surface area contributed by atoms with E-state index in [0.717, 1.165) is 0 Å². The van der Waals surface area contributed by atoms with Gasteiger partial charge in [-0.1, -0.05) is 6.07 Å². The molecule has 0 fully saturated rings. The fraction of sp³-hybridized carbons (Fsp3) is 0.0714. The number of hydrogen-bond donors (Lipinski definition) is 2. The minimum atomic E-state index is -1.01. The molecule has 0 heterocycles. The van der Waals surface area contributed by atoms with Crippen molar-refractivity contribution in [2.75, 3.05) is 5.32 Å². The van der Waals surface area contributed by atoms with E-state index in [2.05, 4.69) is 5.32 Å². The molecule has 2 rings (SSSR count). The monoisotopic (exact) mass is 272 g/mol. The summed E-state index contributed by atoms with van der Waals surface area (Å²) in [6, 6.07) is 11.0. The number of nitrogens with one attached hydrogen (secondary N) is 1. The number of nitro groups is 1. The zero-order valence-electron chi connectivity index (χ0n) is 10.7. The van der Waals surface area contributed by atoms with Crippen LogP contribution in [-0.2, 0) is 0 Å². The summed E-state index contributed by atoms with van der Waals surface area (Å²) >= 11 is 0. The standard InChI is InChI=1S/C14H12N2O4/c1-9-7-12(5-6-13(9)16(19)20)15-11-4-2-3-10(8-11)14(17)18/h2-8,15H,1H3,(H,17,18). The van der Waals surface area contributed by atoms with Crippen molar-refractivity contribution < 1.29 is 14.8 Å². The average molecular weight is 272 g/mol. The number of nitrogens with zero attached hydrogens (tertiary/aromatic N) is 1. The first-order chi connectivity index (χ1) is 9.47. The number of benzene rings is 2. The van der Waals surface area contributed by atoms with E-state index in [1.54, 1.807) is 31.2 Å². The number of hydrogen-bond acceptors (Lipinski definition) is 4. The molecule has 0 radical (unpaired) electrons. The van der Waals surface area contributed by atoms with Crippen LogP contribution in [0.15, 0.2) is 42.5 Å². The Bertz CT molecular complexity index is 683. The predicted octanol–water partition coefficient (Wildman–Crippen LogP) is 3.35. The fourth-order valence-corrected chi connectivity index (χ4v) is 1.83. The van der Waals surface area contributed by atoms with Crippen LogP contribution in [0, 0.1) is 17.0 Å². The lowest BCUT2D eigenvalue weighted by Crippen LogP contribution is -1.98. The molecule has 20 heavy (non-hydrogen) atoms. The van der Waals surface area contributed by atoms with Gasteiger partial charge in [0.05, 0.1) is 10.5 Å². The van der Waals surface area contributed by atoms with Crippen molar-refractivity contribution >= 4 is 23.0 Å². The number of carboxylic acid groups (broad SMARTS) is 1. The van der Waals surface area contributed by atoms with Crippen molar-refractivity contribution in [3.63, 3.8) is 0 Å². The van der Waals surface area contributed by atoms with E-state index in [1.165, 1.54) is 18.2 Å². The highest BCUT2D eigenvalue weighted by Gasteiger charge is 2.10. The third-order valence-corrected chi connectivity index (χ3v) is 2.79. The molecule has 0 spiro atoms. The molecule has 0 aromatic heterocycles. The Labute approximate surface area is 114 Å². The van der Waals surface area contributed by atoms with Gasteiger partial charge in [0.15, 0.2) is 0 Å². The smallest absolute Gasteiger partial charge is 0.335 e. The fourth-order valence-electron chi connectivity index (χ4n) is 1.83. The molecule has 0 aliphatic carbocycles. The second-order valence-electron chi connectivity index (χ2n) is 4.27. The van der Waals surface area contributed by atoms with Gasteiger partial charge >= 0.3 is 5.97 Å². The van der Waals surface area contributed by atoms with Crippen molar-refractivity contribution in [1.29, 1.82) is 0 Å². The quantitative estimate of drug-likeness (QED) is 0.657. The van der Waals surface area contributed by atoms with Crippen LogP contribution in [0.4, 0.5) is 17.1 Å². The van der Waals surface area contributed by atoms with Crippen molar-refractivity contribution in [2.45, 2.75) is 6.92 Å². The van der Waals surface area contributed by atoms with Crippen LogP contribution >= 0.6 is 0 Å². The highest BCUT2D eigenvalue weighted by molar-refractivity contribution is 5.89. The number of anilines is 2. The molecule has 0 amide bonds. The third kappa shape index (κ3) is 2.92. The predicted molar refractivity (Wildman–Crippen MR) is 74.5 cm³/mol. The largest absolute Gasteiger partial charge is 0.478 e. The van der Waals surface area contributed by atoms with Gasteiger partial charge in [0, 0.05) is 23.0 Å². The van der Waals surface area contributed by atoms with Gasteiger partial charge in [-0.15, -0.1) is 0 Å². The zero-order chi connectivity index (χ0) is 14.7. The summed E-state index contributed by atoms with van der Waals surface area (Å²) in [5.74, 6) is -1.01. The number of aryl methyl sites for hydroxylation is 1. The number of rotatable bonds is 4.